The van der Waals surface area contributed by atoms with Gasteiger partial charge < -0.3 is 10.1 Å². The standard InChI is InChI=1S/C18H22N2O2S/c1-12-7-8-13(2)16(10-12)23-18-15(6-5-9-19-18)17(21)20-14(3)11-22-4/h5-10,14H,11H2,1-4H3,(H,20,21). The molecular weight excluding hydrogens is 308 g/mol. The molecule has 0 saturated heterocycles. The summed E-state index contributed by atoms with van der Waals surface area (Å²) in [5.41, 5.74) is 2.94. The highest BCUT2D eigenvalue weighted by atomic mass is 32.2. The van der Waals surface area contributed by atoms with E-state index in [0.717, 1.165) is 4.90 Å². The second-order valence-corrected chi connectivity index (χ2v) is 6.59. The molecule has 0 saturated carbocycles. The average molecular weight is 330 g/mol. The Balaban J connectivity index is 2.23. The molecule has 1 aromatic heterocycles. The summed E-state index contributed by atoms with van der Waals surface area (Å²) in [5.74, 6) is -0.129. The molecule has 2 aromatic rings. The first-order valence-electron chi connectivity index (χ1n) is 7.51. The van der Waals surface area contributed by atoms with E-state index in [2.05, 4.69) is 42.3 Å². The molecule has 1 atom stereocenters. The zero-order valence-corrected chi connectivity index (χ0v) is 14.7. The highest BCUT2D eigenvalue weighted by Crippen LogP contribution is 2.31. The van der Waals surface area contributed by atoms with Gasteiger partial charge in [-0.05, 0) is 50.1 Å². The number of amides is 1. The second-order valence-electron chi connectivity index (χ2n) is 5.56. The van der Waals surface area contributed by atoms with Gasteiger partial charge in [-0.2, -0.15) is 0 Å². The Morgan fingerprint density at radius 3 is 2.87 bits per heavy atom. The van der Waals surface area contributed by atoms with Crippen LogP contribution in [-0.2, 0) is 4.74 Å². The molecule has 1 aromatic carbocycles. The first kappa shape index (κ1) is 17.5. The number of pyridine rings is 1. The molecule has 0 aliphatic carbocycles. The van der Waals surface area contributed by atoms with Gasteiger partial charge in [0.05, 0.1) is 12.2 Å². The fraction of sp³-hybridized carbons (Fsp3) is 0.333. The zero-order chi connectivity index (χ0) is 16.8. The summed E-state index contributed by atoms with van der Waals surface area (Å²) in [6, 6.07) is 9.81. The molecule has 0 fully saturated rings. The summed E-state index contributed by atoms with van der Waals surface area (Å²) in [6.45, 7) is 6.51. The van der Waals surface area contributed by atoms with Gasteiger partial charge >= 0.3 is 0 Å². The van der Waals surface area contributed by atoms with Gasteiger partial charge in [-0.15, -0.1) is 0 Å². The minimum absolute atomic E-state index is 0.0498. The van der Waals surface area contributed by atoms with Crippen molar-refractivity contribution in [3.63, 3.8) is 0 Å². The average Bonchev–Trinajstić information content (AvgIpc) is 2.51. The molecule has 0 aliphatic rings. The van der Waals surface area contributed by atoms with E-state index in [-0.39, 0.29) is 11.9 Å². The number of ether oxygens (including phenoxy) is 1. The van der Waals surface area contributed by atoms with Crippen molar-refractivity contribution in [3.8, 4) is 0 Å². The lowest BCUT2D eigenvalue weighted by atomic mass is 10.2. The topological polar surface area (TPSA) is 51.2 Å². The molecule has 1 N–H and O–H groups in total. The van der Waals surface area contributed by atoms with Crippen molar-refractivity contribution in [3.05, 3.63) is 53.2 Å². The van der Waals surface area contributed by atoms with Crippen molar-refractivity contribution in [1.82, 2.24) is 10.3 Å². The van der Waals surface area contributed by atoms with Gasteiger partial charge in [0.2, 0.25) is 0 Å². The van der Waals surface area contributed by atoms with Crippen LogP contribution in [0.3, 0.4) is 0 Å². The Hall–Kier alpha value is -1.85. The van der Waals surface area contributed by atoms with Crippen LogP contribution in [0.5, 0.6) is 0 Å². The number of nitrogens with one attached hydrogen (secondary N) is 1. The van der Waals surface area contributed by atoms with Crippen LogP contribution in [0.4, 0.5) is 0 Å². The molecular formula is C18H22N2O2S. The SMILES string of the molecule is COCC(C)NC(=O)c1cccnc1Sc1cc(C)ccc1C. The van der Waals surface area contributed by atoms with Gasteiger partial charge in [-0.1, -0.05) is 23.9 Å². The zero-order valence-electron chi connectivity index (χ0n) is 13.9. The molecule has 2 rings (SSSR count). The fourth-order valence-corrected chi connectivity index (χ4v) is 3.23. The molecule has 0 aliphatic heterocycles. The summed E-state index contributed by atoms with van der Waals surface area (Å²) in [6.07, 6.45) is 1.71. The Morgan fingerprint density at radius 1 is 1.35 bits per heavy atom. The monoisotopic (exact) mass is 330 g/mol. The third-order valence-corrected chi connectivity index (χ3v) is 4.54. The van der Waals surface area contributed by atoms with Crippen molar-refractivity contribution in [2.45, 2.75) is 36.7 Å². The van der Waals surface area contributed by atoms with Gasteiger partial charge in [-0.3, -0.25) is 4.79 Å². The van der Waals surface area contributed by atoms with Crippen molar-refractivity contribution in [1.29, 1.82) is 0 Å². The third kappa shape index (κ3) is 4.81. The first-order chi connectivity index (χ1) is 11.0. The van der Waals surface area contributed by atoms with Crippen LogP contribution in [0, 0.1) is 13.8 Å². The van der Waals surface area contributed by atoms with Gasteiger partial charge in [-0.25, -0.2) is 4.98 Å². The van der Waals surface area contributed by atoms with Crippen LogP contribution in [-0.4, -0.2) is 30.6 Å². The Labute approximate surface area is 141 Å². The molecule has 0 spiro atoms. The number of nitrogens with zero attached hydrogens (tertiary/aromatic N) is 1. The van der Waals surface area contributed by atoms with E-state index < -0.39 is 0 Å². The highest BCUT2D eigenvalue weighted by Gasteiger charge is 2.16. The van der Waals surface area contributed by atoms with Crippen molar-refractivity contribution >= 4 is 17.7 Å². The fourth-order valence-electron chi connectivity index (χ4n) is 2.16. The first-order valence-corrected chi connectivity index (χ1v) is 8.33. The lowest BCUT2D eigenvalue weighted by Gasteiger charge is -2.14. The predicted octanol–water partition coefficient (Wildman–Crippen LogP) is 3.61. The minimum atomic E-state index is -0.129. The second kappa shape index (κ2) is 8.13. The Kier molecular flexibility index (Phi) is 6.19. The summed E-state index contributed by atoms with van der Waals surface area (Å²) in [5, 5.41) is 3.64. The number of aromatic nitrogens is 1. The van der Waals surface area contributed by atoms with Gasteiger partial charge in [0.1, 0.15) is 5.03 Å². The largest absolute Gasteiger partial charge is 0.383 e. The summed E-state index contributed by atoms with van der Waals surface area (Å²) in [7, 11) is 1.62. The maximum absolute atomic E-state index is 12.5. The maximum atomic E-state index is 12.5. The van der Waals surface area contributed by atoms with Crippen LogP contribution in [0.25, 0.3) is 0 Å². The smallest absolute Gasteiger partial charge is 0.254 e. The molecule has 5 heteroatoms. The molecule has 0 radical (unpaired) electrons. The van der Waals surface area contributed by atoms with E-state index in [1.54, 1.807) is 25.4 Å². The summed E-state index contributed by atoms with van der Waals surface area (Å²) >= 11 is 1.52. The molecule has 0 bridgehead atoms. The van der Waals surface area contributed by atoms with Gasteiger partial charge in [0.15, 0.2) is 0 Å². The Bertz CT molecular complexity index is 688. The lowest BCUT2D eigenvalue weighted by molar-refractivity contribution is 0.0902. The molecule has 23 heavy (non-hydrogen) atoms. The number of methoxy groups -OCH3 is 1. The van der Waals surface area contributed by atoms with E-state index in [9.17, 15) is 4.79 Å². The summed E-state index contributed by atoms with van der Waals surface area (Å²) < 4.78 is 5.06. The van der Waals surface area contributed by atoms with Crippen molar-refractivity contribution < 1.29 is 9.53 Å². The molecule has 1 amide bonds. The highest BCUT2D eigenvalue weighted by molar-refractivity contribution is 7.99. The van der Waals surface area contributed by atoms with Crippen LogP contribution in [0.1, 0.15) is 28.4 Å². The normalized spacial score (nSPS) is 12.0. The maximum Gasteiger partial charge on any atom is 0.254 e. The quantitative estimate of drug-likeness (QED) is 0.879. The number of hydrogen-bond acceptors (Lipinski definition) is 4. The van der Waals surface area contributed by atoms with Crippen LogP contribution >= 0.6 is 11.8 Å². The van der Waals surface area contributed by atoms with E-state index in [1.165, 1.54) is 22.9 Å². The molecule has 122 valence electrons. The van der Waals surface area contributed by atoms with Crippen LogP contribution in [0.2, 0.25) is 0 Å². The minimum Gasteiger partial charge on any atom is -0.383 e. The number of carbonyl (C=O) groups is 1. The van der Waals surface area contributed by atoms with Crippen molar-refractivity contribution in [2.24, 2.45) is 0 Å². The number of aryl methyl sites for hydroxylation is 2. The van der Waals surface area contributed by atoms with Gasteiger partial charge in [0.25, 0.3) is 5.91 Å². The van der Waals surface area contributed by atoms with Crippen LogP contribution in [0.15, 0.2) is 46.5 Å². The van der Waals surface area contributed by atoms with Gasteiger partial charge in [0, 0.05) is 24.2 Å². The third-order valence-electron chi connectivity index (χ3n) is 3.36. The lowest BCUT2D eigenvalue weighted by Crippen LogP contribution is -2.35. The Morgan fingerprint density at radius 2 is 2.13 bits per heavy atom. The molecule has 1 heterocycles. The van der Waals surface area contributed by atoms with Crippen molar-refractivity contribution in [2.75, 3.05) is 13.7 Å². The predicted molar refractivity (Wildman–Crippen MR) is 93.1 cm³/mol. The van der Waals surface area contributed by atoms with E-state index >= 15 is 0 Å². The number of carbonyl (C=O) groups excluding carboxylic acids is 1. The molecule has 4 nitrogen and oxygen atoms in total. The van der Waals surface area contributed by atoms with E-state index in [4.69, 9.17) is 4.74 Å². The number of rotatable bonds is 6. The van der Waals surface area contributed by atoms with E-state index in [0.29, 0.717) is 17.2 Å². The number of benzene rings is 1. The number of hydrogen-bond donors (Lipinski definition) is 1. The van der Waals surface area contributed by atoms with E-state index in [1.807, 2.05) is 6.92 Å². The molecule has 1 unspecified atom stereocenters. The van der Waals surface area contributed by atoms with Crippen LogP contribution < -0.4 is 5.32 Å². The summed E-state index contributed by atoms with van der Waals surface area (Å²) in [4.78, 5) is 18.0.